The summed E-state index contributed by atoms with van der Waals surface area (Å²) in [7, 11) is 1.86. The van der Waals surface area contributed by atoms with Crippen molar-refractivity contribution in [3.8, 4) is 0 Å². The van der Waals surface area contributed by atoms with Crippen LogP contribution < -0.4 is 5.32 Å². The molecule has 0 spiro atoms. The van der Waals surface area contributed by atoms with Crippen molar-refractivity contribution in [3.63, 3.8) is 0 Å². The van der Waals surface area contributed by atoms with Crippen LogP contribution in [0.3, 0.4) is 0 Å². The van der Waals surface area contributed by atoms with E-state index in [2.05, 4.69) is 61.0 Å². The van der Waals surface area contributed by atoms with Gasteiger partial charge in [-0.2, -0.15) is 0 Å². The zero-order chi connectivity index (χ0) is 12.8. The minimum atomic E-state index is 0.868. The average Bonchev–Trinajstić information content (AvgIpc) is 2.77. The summed E-state index contributed by atoms with van der Waals surface area (Å²) in [5.41, 5.74) is 1.34. The number of aryl methyl sites for hydroxylation is 1. The highest BCUT2D eigenvalue weighted by Crippen LogP contribution is 2.10. The minimum absolute atomic E-state index is 0.868. The Hall–Kier alpha value is -0.920. The summed E-state index contributed by atoms with van der Waals surface area (Å²) in [5, 5.41) is 14.5. The largest absolute Gasteiger partial charge is 0.342 e. The average molecular weight is 329 g/mol. The molecule has 0 aliphatic rings. The van der Waals surface area contributed by atoms with E-state index in [1.54, 1.807) is 16.4 Å². The smallest absolute Gasteiger partial charge is 0.209 e. The number of tetrazole rings is 1. The molecule has 0 atom stereocenters. The number of thioether (sulfide) groups is 1. The zero-order valence-corrected chi connectivity index (χ0v) is 12.5. The minimum Gasteiger partial charge on any atom is -0.342 e. The first kappa shape index (κ1) is 13.5. The van der Waals surface area contributed by atoms with Crippen molar-refractivity contribution in [2.75, 3.05) is 12.3 Å². The fourth-order valence-electron chi connectivity index (χ4n) is 1.47. The van der Waals surface area contributed by atoms with Crippen LogP contribution in [0.25, 0.3) is 0 Å². The van der Waals surface area contributed by atoms with Gasteiger partial charge in [0.25, 0.3) is 0 Å². The van der Waals surface area contributed by atoms with E-state index >= 15 is 0 Å². The number of hydrogen-bond donors (Lipinski definition) is 1. The normalized spacial score (nSPS) is 10.8. The number of benzene rings is 1. The molecule has 0 aliphatic carbocycles. The van der Waals surface area contributed by atoms with Gasteiger partial charge in [0.15, 0.2) is 0 Å². The van der Waals surface area contributed by atoms with Crippen LogP contribution in [0.2, 0.25) is 0 Å². The van der Waals surface area contributed by atoms with Crippen molar-refractivity contribution in [1.82, 2.24) is 20.2 Å². The van der Waals surface area contributed by atoms with Crippen LogP contribution in [0, 0.1) is 0 Å². The second kappa shape index (κ2) is 6.86. The number of rotatable bonds is 6. The number of halogens is 1. The summed E-state index contributed by atoms with van der Waals surface area (Å²) in [6, 6.07) is 8.42. The van der Waals surface area contributed by atoms with Crippen LogP contribution in [-0.2, 0) is 13.6 Å². The van der Waals surface area contributed by atoms with E-state index in [0.717, 1.165) is 28.5 Å². The van der Waals surface area contributed by atoms with Crippen molar-refractivity contribution in [3.05, 3.63) is 34.3 Å². The van der Waals surface area contributed by atoms with E-state index in [1.165, 1.54) is 5.56 Å². The monoisotopic (exact) mass is 328 g/mol. The van der Waals surface area contributed by atoms with Gasteiger partial charge in [-0.25, -0.2) is 4.68 Å². The molecule has 0 saturated carbocycles. The van der Waals surface area contributed by atoms with Gasteiger partial charge in [0.05, 0.1) is 12.3 Å². The molecule has 1 heterocycles. The highest BCUT2D eigenvalue weighted by atomic mass is 79.9. The Morgan fingerprint density at radius 2 is 2.11 bits per heavy atom. The number of nitrogens with zero attached hydrogens (tertiary/aromatic N) is 4. The van der Waals surface area contributed by atoms with E-state index in [4.69, 9.17) is 0 Å². The second-order valence-electron chi connectivity index (χ2n) is 3.84. The van der Waals surface area contributed by atoms with Gasteiger partial charge in [0, 0.05) is 17.1 Å². The number of hydrogen-bond acceptors (Lipinski definition) is 4. The second-order valence-corrected chi connectivity index (χ2v) is 5.82. The molecule has 2 N–H and O–H groups in total. The lowest BCUT2D eigenvalue weighted by atomic mass is 10.2. The van der Waals surface area contributed by atoms with Gasteiger partial charge in [-0.1, -0.05) is 39.8 Å². The zero-order valence-electron chi connectivity index (χ0n) is 10.1. The van der Waals surface area contributed by atoms with E-state index in [1.807, 2.05) is 7.05 Å². The van der Waals surface area contributed by atoms with Gasteiger partial charge < -0.3 is 5.32 Å². The lowest BCUT2D eigenvalue weighted by molar-refractivity contribution is -0.666. The van der Waals surface area contributed by atoms with Crippen LogP contribution in [0.4, 0.5) is 0 Å². The van der Waals surface area contributed by atoms with Gasteiger partial charge in [-0.15, -0.1) is 5.10 Å². The molecular weight excluding hydrogens is 314 g/mol. The maximum atomic E-state index is 3.93. The van der Waals surface area contributed by atoms with E-state index in [9.17, 15) is 0 Å². The van der Waals surface area contributed by atoms with Crippen molar-refractivity contribution < 1.29 is 5.32 Å². The van der Waals surface area contributed by atoms with Crippen molar-refractivity contribution in [1.29, 1.82) is 0 Å². The number of nitrogens with two attached hydrogens (primary N) is 1. The lowest BCUT2D eigenvalue weighted by Crippen LogP contribution is -2.83. The Morgan fingerprint density at radius 1 is 1.33 bits per heavy atom. The molecule has 0 saturated heterocycles. The third-order valence-corrected chi connectivity index (χ3v) is 4.00. The molecular formula is C11H15BrN5S+. The molecule has 2 aromatic rings. The van der Waals surface area contributed by atoms with Crippen LogP contribution in [0.15, 0.2) is 33.9 Å². The molecule has 1 aromatic carbocycles. The lowest BCUT2D eigenvalue weighted by Gasteiger charge is -2.02. The maximum absolute atomic E-state index is 3.93. The third-order valence-electron chi connectivity index (χ3n) is 2.43. The summed E-state index contributed by atoms with van der Waals surface area (Å²) in [5.74, 6) is 1.00. The Bertz CT molecular complexity index is 484. The van der Waals surface area contributed by atoms with Gasteiger partial charge in [0.1, 0.15) is 6.54 Å². The molecule has 96 valence electrons. The standard InChI is InChI=1S/C11H14BrN5S/c1-17-11(14-15-16-17)18-7-6-13-8-9-2-4-10(12)5-3-9/h2-5,13H,6-8H2,1H3/p+1. The first-order valence-electron chi connectivity index (χ1n) is 5.67. The molecule has 5 nitrogen and oxygen atoms in total. The van der Waals surface area contributed by atoms with Gasteiger partial charge in [-0.05, 0) is 22.6 Å². The molecule has 0 bridgehead atoms. The Kier molecular flexibility index (Phi) is 5.15. The number of aromatic nitrogens is 4. The van der Waals surface area contributed by atoms with Crippen LogP contribution in [0.1, 0.15) is 5.56 Å². The molecule has 1 aromatic heterocycles. The Labute approximate surface area is 118 Å². The highest BCUT2D eigenvalue weighted by Gasteiger charge is 2.02. The third kappa shape index (κ3) is 4.08. The molecule has 0 unspecified atom stereocenters. The molecule has 0 fully saturated rings. The van der Waals surface area contributed by atoms with Gasteiger partial charge >= 0.3 is 0 Å². The summed E-state index contributed by atoms with van der Waals surface area (Å²) >= 11 is 5.11. The first-order chi connectivity index (χ1) is 8.75. The van der Waals surface area contributed by atoms with Gasteiger partial charge in [0.2, 0.25) is 5.16 Å². The molecule has 0 aliphatic heterocycles. The molecule has 7 heteroatoms. The SMILES string of the molecule is Cn1nnnc1SCC[NH2+]Cc1ccc(Br)cc1. The van der Waals surface area contributed by atoms with Crippen LogP contribution in [0.5, 0.6) is 0 Å². The van der Waals surface area contributed by atoms with Crippen LogP contribution in [-0.4, -0.2) is 32.5 Å². The quantitative estimate of drug-likeness (QED) is 0.630. The van der Waals surface area contributed by atoms with Crippen molar-refractivity contribution in [2.45, 2.75) is 11.7 Å². The van der Waals surface area contributed by atoms with Crippen LogP contribution >= 0.6 is 27.7 Å². The molecule has 2 rings (SSSR count). The maximum Gasteiger partial charge on any atom is 0.209 e. The predicted molar refractivity (Wildman–Crippen MR) is 74.2 cm³/mol. The Morgan fingerprint density at radius 3 is 2.78 bits per heavy atom. The first-order valence-corrected chi connectivity index (χ1v) is 7.45. The van der Waals surface area contributed by atoms with E-state index < -0.39 is 0 Å². The summed E-state index contributed by atoms with van der Waals surface area (Å²) in [6.45, 7) is 2.05. The highest BCUT2D eigenvalue weighted by molar-refractivity contribution is 9.10. The van der Waals surface area contributed by atoms with E-state index in [0.29, 0.717) is 0 Å². The van der Waals surface area contributed by atoms with Crippen molar-refractivity contribution in [2.24, 2.45) is 7.05 Å². The molecule has 0 amide bonds. The van der Waals surface area contributed by atoms with E-state index in [-0.39, 0.29) is 0 Å². The topological polar surface area (TPSA) is 60.2 Å². The molecule has 18 heavy (non-hydrogen) atoms. The summed E-state index contributed by atoms with van der Waals surface area (Å²) in [4.78, 5) is 0. The summed E-state index contributed by atoms with van der Waals surface area (Å²) < 4.78 is 2.82. The predicted octanol–water partition coefficient (Wildman–Crippen LogP) is 0.828. The fourth-order valence-corrected chi connectivity index (χ4v) is 2.52. The van der Waals surface area contributed by atoms with Crippen molar-refractivity contribution >= 4 is 27.7 Å². The number of quaternary nitrogens is 1. The molecule has 0 radical (unpaired) electrons. The fraction of sp³-hybridized carbons (Fsp3) is 0.364. The Balaban J connectivity index is 1.64. The summed E-state index contributed by atoms with van der Waals surface area (Å²) in [6.07, 6.45) is 0. The van der Waals surface area contributed by atoms with Gasteiger partial charge in [-0.3, -0.25) is 0 Å².